The number of nitrogens with zero attached hydrogens (tertiary/aromatic N) is 1. The Balaban J connectivity index is 2.36. The van der Waals surface area contributed by atoms with Crippen LogP contribution in [0.1, 0.15) is 16.1 Å². The van der Waals surface area contributed by atoms with Crippen molar-refractivity contribution in [3.8, 4) is 10.6 Å². The van der Waals surface area contributed by atoms with Gasteiger partial charge in [0.15, 0.2) is 11.5 Å². The Bertz CT molecular complexity index is 486. The van der Waals surface area contributed by atoms with Crippen LogP contribution in [-0.4, -0.2) is 18.2 Å². The van der Waals surface area contributed by atoms with Crippen LogP contribution < -0.4 is 0 Å². The lowest BCUT2D eigenvalue weighted by Crippen LogP contribution is -2.00. The molecular weight excluding hydrogens is 214 g/mol. The molecule has 0 spiro atoms. The van der Waals surface area contributed by atoms with Gasteiger partial charge in [-0.1, -0.05) is 5.16 Å². The van der Waals surface area contributed by atoms with E-state index < -0.39 is 5.97 Å². The van der Waals surface area contributed by atoms with E-state index in [2.05, 4.69) is 9.89 Å². The van der Waals surface area contributed by atoms with Gasteiger partial charge >= 0.3 is 5.97 Å². The van der Waals surface area contributed by atoms with Crippen LogP contribution in [0.15, 0.2) is 22.0 Å². The molecule has 78 valence electrons. The molecule has 15 heavy (non-hydrogen) atoms. The third-order valence-corrected chi connectivity index (χ3v) is 3.02. The highest BCUT2D eigenvalue weighted by Gasteiger charge is 2.15. The minimum Gasteiger partial charge on any atom is -0.464 e. The number of aryl methyl sites for hydroxylation is 1. The highest BCUT2D eigenvalue weighted by molar-refractivity contribution is 7.13. The molecule has 0 saturated carbocycles. The van der Waals surface area contributed by atoms with E-state index in [0.29, 0.717) is 5.76 Å². The van der Waals surface area contributed by atoms with E-state index in [9.17, 15) is 4.79 Å². The molecular formula is C10H9NO3S. The van der Waals surface area contributed by atoms with Gasteiger partial charge in [-0.15, -0.1) is 11.3 Å². The Labute approximate surface area is 90.5 Å². The summed E-state index contributed by atoms with van der Waals surface area (Å²) in [6.45, 7) is 1.98. The van der Waals surface area contributed by atoms with Gasteiger partial charge in [0, 0.05) is 6.07 Å². The van der Waals surface area contributed by atoms with Crippen molar-refractivity contribution in [1.82, 2.24) is 5.16 Å². The van der Waals surface area contributed by atoms with Crippen molar-refractivity contribution in [2.45, 2.75) is 6.92 Å². The molecule has 0 amide bonds. The van der Waals surface area contributed by atoms with Crippen molar-refractivity contribution in [3.05, 3.63) is 28.8 Å². The van der Waals surface area contributed by atoms with Crippen LogP contribution in [0.25, 0.3) is 10.6 Å². The summed E-state index contributed by atoms with van der Waals surface area (Å²) < 4.78 is 9.61. The Kier molecular flexibility index (Phi) is 2.55. The van der Waals surface area contributed by atoms with Gasteiger partial charge in [-0.25, -0.2) is 4.79 Å². The van der Waals surface area contributed by atoms with Gasteiger partial charge in [0.1, 0.15) is 0 Å². The zero-order valence-electron chi connectivity index (χ0n) is 8.31. The minimum absolute atomic E-state index is 0.195. The molecule has 0 aliphatic rings. The van der Waals surface area contributed by atoms with Crippen LogP contribution in [0.4, 0.5) is 0 Å². The highest BCUT2D eigenvalue weighted by Crippen LogP contribution is 2.29. The molecule has 2 rings (SSSR count). The van der Waals surface area contributed by atoms with Crippen LogP contribution in [0.5, 0.6) is 0 Å². The fourth-order valence-electron chi connectivity index (χ4n) is 1.21. The first-order valence-electron chi connectivity index (χ1n) is 4.32. The molecule has 5 heteroatoms. The van der Waals surface area contributed by atoms with E-state index in [1.165, 1.54) is 7.11 Å². The first-order valence-corrected chi connectivity index (χ1v) is 5.20. The summed E-state index contributed by atoms with van der Waals surface area (Å²) in [7, 11) is 1.31. The summed E-state index contributed by atoms with van der Waals surface area (Å²) in [5, 5.41) is 5.60. The molecule has 0 atom stereocenters. The summed E-state index contributed by atoms with van der Waals surface area (Å²) in [6.07, 6.45) is 0. The molecule has 0 fully saturated rings. The maximum absolute atomic E-state index is 11.1. The molecule has 0 saturated heterocycles. The number of aromatic nitrogens is 1. The molecule has 2 heterocycles. The van der Waals surface area contributed by atoms with Crippen LogP contribution >= 0.6 is 11.3 Å². The number of methoxy groups -OCH3 is 1. The maximum atomic E-state index is 11.1. The molecule has 0 aliphatic carbocycles. The average molecular weight is 223 g/mol. The van der Waals surface area contributed by atoms with E-state index in [-0.39, 0.29) is 5.69 Å². The van der Waals surface area contributed by atoms with Crippen molar-refractivity contribution >= 4 is 17.3 Å². The Morgan fingerprint density at radius 3 is 3.00 bits per heavy atom. The lowest BCUT2D eigenvalue weighted by atomic mass is 10.2. The normalized spacial score (nSPS) is 10.3. The largest absolute Gasteiger partial charge is 0.464 e. The fourth-order valence-corrected chi connectivity index (χ4v) is 2.08. The molecule has 0 N–H and O–H groups in total. The summed E-state index contributed by atoms with van der Waals surface area (Å²) in [6, 6.07) is 3.57. The van der Waals surface area contributed by atoms with Crippen LogP contribution in [0, 0.1) is 6.92 Å². The Morgan fingerprint density at radius 1 is 1.60 bits per heavy atom. The second kappa shape index (κ2) is 3.86. The molecule has 0 radical (unpaired) electrons. The van der Waals surface area contributed by atoms with Gasteiger partial charge in [0.05, 0.1) is 12.0 Å². The Hall–Kier alpha value is -1.62. The Morgan fingerprint density at radius 2 is 2.40 bits per heavy atom. The smallest absolute Gasteiger partial charge is 0.360 e. The number of carbonyl (C=O) groups is 1. The lowest BCUT2D eigenvalue weighted by molar-refractivity contribution is 0.0589. The van der Waals surface area contributed by atoms with Crippen molar-refractivity contribution in [2.24, 2.45) is 0 Å². The topological polar surface area (TPSA) is 52.3 Å². The standard InChI is InChI=1S/C10H9NO3S/c1-6-3-4-15-9(6)8-5-7(11-14-8)10(12)13-2/h3-5H,1-2H3. The van der Waals surface area contributed by atoms with Gasteiger partial charge in [-0.3, -0.25) is 0 Å². The van der Waals surface area contributed by atoms with E-state index in [1.54, 1.807) is 17.4 Å². The van der Waals surface area contributed by atoms with Gasteiger partial charge in [0.25, 0.3) is 0 Å². The van der Waals surface area contributed by atoms with Gasteiger partial charge in [-0.05, 0) is 23.9 Å². The number of thiophene rings is 1. The second-order valence-electron chi connectivity index (χ2n) is 3.00. The molecule has 2 aromatic rings. The van der Waals surface area contributed by atoms with E-state index >= 15 is 0 Å². The molecule has 0 unspecified atom stereocenters. The van der Waals surface area contributed by atoms with Gasteiger partial charge in [0.2, 0.25) is 0 Å². The van der Waals surface area contributed by atoms with Crippen LogP contribution in [-0.2, 0) is 4.74 Å². The third kappa shape index (κ3) is 1.78. The van der Waals surface area contributed by atoms with Crippen LogP contribution in [0.3, 0.4) is 0 Å². The van der Waals surface area contributed by atoms with E-state index in [1.807, 2.05) is 18.4 Å². The molecule has 2 aromatic heterocycles. The number of esters is 1. The fraction of sp³-hybridized carbons (Fsp3) is 0.200. The predicted molar refractivity (Wildman–Crippen MR) is 55.9 cm³/mol. The number of hydrogen-bond acceptors (Lipinski definition) is 5. The molecule has 0 aliphatic heterocycles. The van der Waals surface area contributed by atoms with Gasteiger partial charge < -0.3 is 9.26 Å². The van der Waals surface area contributed by atoms with Crippen molar-refractivity contribution in [2.75, 3.05) is 7.11 Å². The predicted octanol–water partition coefficient (Wildman–Crippen LogP) is 2.50. The molecule has 4 nitrogen and oxygen atoms in total. The summed E-state index contributed by atoms with van der Waals surface area (Å²) in [4.78, 5) is 12.1. The monoisotopic (exact) mass is 223 g/mol. The average Bonchev–Trinajstić information content (AvgIpc) is 2.84. The zero-order valence-corrected chi connectivity index (χ0v) is 9.13. The quantitative estimate of drug-likeness (QED) is 0.734. The van der Waals surface area contributed by atoms with Crippen molar-refractivity contribution < 1.29 is 14.1 Å². The lowest BCUT2D eigenvalue weighted by Gasteiger charge is -1.90. The number of carbonyl (C=O) groups excluding carboxylic acids is 1. The molecule has 0 aromatic carbocycles. The van der Waals surface area contributed by atoms with Crippen LogP contribution in [0.2, 0.25) is 0 Å². The number of ether oxygens (including phenoxy) is 1. The first kappa shape index (κ1) is 9.92. The highest BCUT2D eigenvalue weighted by atomic mass is 32.1. The summed E-state index contributed by atoms with van der Waals surface area (Å²) >= 11 is 1.55. The molecule has 0 bridgehead atoms. The third-order valence-electron chi connectivity index (χ3n) is 1.99. The van der Waals surface area contributed by atoms with E-state index in [0.717, 1.165) is 10.4 Å². The van der Waals surface area contributed by atoms with E-state index in [4.69, 9.17) is 4.52 Å². The number of hydrogen-bond donors (Lipinski definition) is 0. The SMILES string of the molecule is COC(=O)c1cc(-c2sccc2C)on1. The summed E-state index contributed by atoms with van der Waals surface area (Å²) in [5.41, 5.74) is 1.30. The number of rotatable bonds is 2. The summed E-state index contributed by atoms with van der Waals surface area (Å²) in [5.74, 6) is 0.113. The first-order chi connectivity index (χ1) is 7.22. The van der Waals surface area contributed by atoms with Gasteiger partial charge in [-0.2, -0.15) is 0 Å². The second-order valence-corrected chi connectivity index (χ2v) is 3.92. The van der Waals surface area contributed by atoms with Crippen molar-refractivity contribution in [1.29, 1.82) is 0 Å². The zero-order chi connectivity index (χ0) is 10.8. The minimum atomic E-state index is -0.487. The van der Waals surface area contributed by atoms with Crippen molar-refractivity contribution in [3.63, 3.8) is 0 Å². The maximum Gasteiger partial charge on any atom is 0.360 e.